The van der Waals surface area contributed by atoms with Crippen molar-refractivity contribution < 1.29 is 9.18 Å². The van der Waals surface area contributed by atoms with Crippen LogP contribution in [0.1, 0.15) is 29.9 Å². The average Bonchev–Trinajstić information content (AvgIpc) is 3.20. The molecule has 0 aliphatic heterocycles. The molecule has 0 aliphatic rings. The van der Waals surface area contributed by atoms with Crippen LogP contribution in [0.25, 0.3) is 16.6 Å². The number of hydrogen-bond donors (Lipinski definition) is 3. The van der Waals surface area contributed by atoms with Crippen molar-refractivity contribution >= 4 is 33.8 Å². The Kier molecular flexibility index (Phi) is 4.70. The van der Waals surface area contributed by atoms with Crippen molar-refractivity contribution in [2.75, 3.05) is 17.2 Å². The molecule has 0 spiro atoms. The zero-order valence-electron chi connectivity index (χ0n) is 17.3. The molecule has 9 heteroatoms. The number of carbonyl (C=O) groups excluding carboxylic acids is 1. The second-order valence-corrected chi connectivity index (χ2v) is 8.21. The number of hydrogen-bond acceptors (Lipinski definition) is 5. The number of benzene rings is 1. The topological polar surface area (TPSA) is 102 Å². The van der Waals surface area contributed by atoms with E-state index in [1.54, 1.807) is 41.5 Å². The normalized spacial score (nSPS) is 11.9. The fourth-order valence-electron chi connectivity index (χ4n) is 3.33. The van der Waals surface area contributed by atoms with E-state index in [-0.39, 0.29) is 17.1 Å². The first-order valence-electron chi connectivity index (χ1n) is 9.56. The lowest BCUT2D eigenvalue weighted by Gasteiger charge is -2.20. The zero-order chi connectivity index (χ0) is 21.6. The fraction of sp³-hybridized carbons (Fsp3) is 0.286. The van der Waals surface area contributed by atoms with Crippen molar-refractivity contribution in [1.82, 2.24) is 19.2 Å². The minimum absolute atomic E-state index is 0.218. The van der Waals surface area contributed by atoms with Crippen LogP contribution in [0.3, 0.4) is 0 Å². The number of rotatable bonds is 5. The number of imidazole rings is 1. The molecule has 0 bridgehead atoms. The molecule has 0 unspecified atom stereocenters. The molecule has 8 nitrogen and oxygen atoms in total. The van der Waals surface area contributed by atoms with Crippen LogP contribution in [0.15, 0.2) is 36.8 Å². The van der Waals surface area contributed by atoms with Gasteiger partial charge in [0, 0.05) is 54.9 Å². The van der Waals surface area contributed by atoms with Crippen LogP contribution < -0.4 is 16.4 Å². The van der Waals surface area contributed by atoms with Gasteiger partial charge in [-0.05, 0) is 32.9 Å². The van der Waals surface area contributed by atoms with Crippen LogP contribution in [-0.2, 0) is 7.05 Å². The van der Waals surface area contributed by atoms with Crippen molar-refractivity contribution in [3.63, 3.8) is 0 Å². The predicted octanol–water partition coefficient (Wildman–Crippen LogP) is 3.07. The Labute approximate surface area is 172 Å². The van der Waals surface area contributed by atoms with Gasteiger partial charge in [0.25, 0.3) is 5.91 Å². The van der Waals surface area contributed by atoms with E-state index in [0.717, 1.165) is 11.1 Å². The minimum Gasteiger partial charge on any atom is -0.383 e. The van der Waals surface area contributed by atoms with E-state index < -0.39 is 5.82 Å². The lowest BCUT2D eigenvalue weighted by atomic mass is 10.1. The molecule has 1 amide bonds. The molecule has 3 aromatic heterocycles. The average molecular weight is 409 g/mol. The van der Waals surface area contributed by atoms with E-state index in [9.17, 15) is 9.18 Å². The maximum Gasteiger partial charge on any atom is 0.257 e. The summed E-state index contributed by atoms with van der Waals surface area (Å²) in [5.74, 6) is -0.882. The lowest BCUT2D eigenvalue weighted by molar-refractivity contribution is 0.102. The van der Waals surface area contributed by atoms with Gasteiger partial charge in [-0.15, -0.1) is 0 Å². The minimum atomic E-state index is -0.507. The van der Waals surface area contributed by atoms with Crippen LogP contribution in [0.5, 0.6) is 0 Å². The lowest BCUT2D eigenvalue weighted by Crippen LogP contribution is -2.39. The second-order valence-electron chi connectivity index (χ2n) is 8.21. The second kappa shape index (κ2) is 7.10. The highest BCUT2D eigenvalue weighted by atomic mass is 19.1. The summed E-state index contributed by atoms with van der Waals surface area (Å²) in [6, 6.07) is 4.79. The quantitative estimate of drug-likeness (QED) is 0.470. The molecule has 4 N–H and O–H groups in total. The maximum atomic E-state index is 14.3. The van der Waals surface area contributed by atoms with Gasteiger partial charge in [-0.2, -0.15) is 5.10 Å². The Hall–Kier alpha value is -3.46. The van der Waals surface area contributed by atoms with Gasteiger partial charge < -0.3 is 20.8 Å². The number of amides is 1. The van der Waals surface area contributed by atoms with Gasteiger partial charge in [0.05, 0.1) is 16.9 Å². The molecule has 30 heavy (non-hydrogen) atoms. The molecule has 0 fully saturated rings. The Morgan fingerprint density at radius 3 is 2.77 bits per heavy atom. The molecule has 0 atom stereocenters. The number of nitrogens with two attached hydrogens (primary N) is 1. The monoisotopic (exact) mass is 409 g/mol. The number of pyridine rings is 1. The first-order chi connectivity index (χ1) is 14.1. The third-order valence-corrected chi connectivity index (χ3v) is 4.65. The summed E-state index contributed by atoms with van der Waals surface area (Å²) in [6.07, 6.45) is 5.17. The van der Waals surface area contributed by atoms with Crippen molar-refractivity contribution in [3.05, 3.63) is 53.9 Å². The summed E-state index contributed by atoms with van der Waals surface area (Å²) >= 11 is 0. The van der Waals surface area contributed by atoms with Crippen LogP contribution in [0, 0.1) is 12.7 Å². The van der Waals surface area contributed by atoms with Crippen LogP contribution in [-0.4, -0.2) is 37.2 Å². The van der Waals surface area contributed by atoms with E-state index in [4.69, 9.17) is 5.73 Å². The molecule has 0 saturated carbocycles. The molecule has 4 aromatic rings. The van der Waals surface area contributed by atoms with Crippen LogP contribution in [0.4, 0.5) is 15.8 Å². The van der Waals surface area contributed by atoms with E-state index in [2.05, 4.69) is 20.7 Å². The number of nitrogens with zero attached hydrogens (tertiary/aromatic N) is 4. The molecule has 3 heterocycles. The third-order valence-electron chi connectivity index (χ3n) is 4.65. The predicted molar refractivity (Wildman–Crippen MR) is 115 cm³/mol. The number of nitrogens with one attached hydrogen (secondary N) is 2. The number of aryl methyl sites for hydroxylation is 2. The van der Waals surface area contributed by atoms with Crippen molar-refractivity contribution in [2.24, 2.45) is 12.8 Å². The maximum absolute atomic E-state index is 14.3. The number of fused-ring (bicyclic) bond motifs is 2. The number of halogens is 1. The fourth-order valence-corrected chi connectivity index (χ4v) is 3.33. The molecular formula is C21H24FN7O. The Morgan fingerprint density at radius 2 is 2.03 bits per heavy atom. The summed E-state index contributed by atoms with van der Waals surface area (Å²) in [5.41, 5.74) is 8.70. The van der Waals surface area contributed by atoms with Gasteiger partial charge in [0.2, 0.25) is 0 Å². The van der Waals surface area contributed by atoms with Crippen molar-refractivity contribution in [2.45, 2.75) is 26.3 Å². The molecule has 1 aromatic carbocycles. The van der Waals surface area contributed by atoms with Gasteiger partial charge >= 0.3 is 0 Å². The summed E-state index contributed by atoms with van der Waals surface area (Å²) in [6.45, 7) is 6.20. The smallest absolute Gasteiger partial charge is 0.257 e. The van der Waals surface area contributed by atoms with Crippen molar-refractivity contribution in [1.29, 1.82) is 0 Å². The standard InChI is InChI=1S/C21H24FN7O/c1-12-8-29-9-13(7-16(22)19(29)25-12)26-20(30)14-5-6-17(24-11-21(2,3)23)15-10-28(4)27-18(14)15/h5-10,24H,11,23H2,1-4H3,(H,26,30). The largest absolute Gasteiger partial charge is 0.383 e. The molecule has 0 radical (unpaired) electrons. The van der Waals surface area contributed by atoms with Crippen molar-refractivity contribution in [3.8, 4) is 0 Å². The van der Waals surface area contributed by atoms with E-state index in [1.807, 2.05) is 26.1 Å². The molecule has 0 saturated heterocycles. The molecule has 0 aliphatic carbocycles. The van der Waals surface area contributed by atoms with Crippen LogP contribution in [0.2, 0.25) is 0 Å². The first kappa shape index (κ1) is 19.8. The molecular weight excluding hydrogens is 385 g/mol. The highest BCUT2D eigenvalue weighted by molar-refractivity contribution is 6.13. The van der Waals surface area contributed by atoms with Gasteiger partial charge in [-0.1, -0.05) is 0 Å². The van der Waals surface area contributed by atoms with Gasteiger partial charge in [0.1, 0.15) is 5.52 Å². The van der Waals surface area contributed by atoms with Gasteiger partial charge in [-0.25, -0.2) is 9.37 Å². The first-order valence-corrected chi connectivity index (χ1v) is 9.56. The molecule has 156 valence electrons. The van der Waals surface area contributed by atoms with E-state index in [0.29, 0.717) is 29.0 Å². The number of carbonyl (C=O) groups is 1. The van der Waals surface area contributed by atoms with E-state index >= 15 is 0 Å². The SMILES string of the molecule is Cc1cn2cc(NC(=O)c3ccc(NCC(C)(C)N)c4cn(C)nc34)cc(F)c2n1. The van der Waals surface area contributed by atoms with Gasteiger partial charge in [-0.3, -0.25) is 9.48 Å². The number of anilines is 2. The Morgan fingerprint density at radius 1 is 1.27 bits per heavy atom. The highest BCUT2D eigenvalue weighted by Crippen LogP contribution is 2.27. The summed E-state index contributed by atoms with van der Waals surface area (Å²) < 4.78 is 17.5. The van der Waals surface area contributed by atoms with Gasteiger partial charge in [0.15, 0.2) is 11.5 Å². The highest BCUT2D eigenvalue weighted by Gasteiger charge is 2.18. The molecule has 4 rings (SSSR count). The zero-order valence-corrected chi connectivity index (χ0v) is 17.3. The Bertz CT molecular complexity index is 1270. The Balaban J connectivity index is 1.67. The number of aromatic nitrogens is 4. The summed E-state index contributed by atoms with van der Waals surface area (Å²) in [4.78, 5) is 17.1. The third kappa shape index (κ3) is 3.84. The summed E-state index contributed by atoms with van der Waals surface area (Å²) in [7, 11) is 1.79. The van der Waals surface area contributed by atoms with Crippen LogP contribution >= 0.6 is 0 Å². The van der Waals surface area contributed by atoms with E-state index in [1.165, 1.54) is 6.07 Å². The summed E-state index contributed by atoms with van der Waals surface area (Å²) in [5, 5.41) is 11.3.